The van der Waals surface area contributed by atoms with Crippen LogP contribution in [0.1, 0.15) is 23.6 Å². The highest BCUT2D eigenvalue weighted by atomic mass is 35.5. The molecule has 0 bridgehead atoms. The predicted molar refractivity (Wildman–Crippen MR) is 126 cm³/mol. The number of aryl methyl sites for hydroxylation is 1. The number of hydrogen-bond donors (Lipinski definition) is 1. The molecule has 1 aliphatic rings. The number of hydrogen-bond acceptors (Lipinski definition) is 5. The van der Waals surface area contributed by atoms with E-state index < -0.39 is 17.7 Å². The van der Waals surface area contributed by atoms with Crippen molar-refractivity contribution in [3.05, 3.63) is 70.4 Å². The highest BCUT2D eigenvalue weighted by molar-refractivity contribution is 6.46. The summed E-state index contributed by atoms with van der Waals surface area (Å²) in [6.07, 6.45) is 2.46. The molecule has 4 rings (SSSR count). The van der Waals surface area contributed by atoms with Crippen LogP contribution < -0.4 is 4.74 Å². The maximum absolute atomic E-state index is 13.2. The molecule has 7 nitrogen and oxygen atoms in total. The van der Waals surface area contributed by atoms with E-state index in [0.717, 1.165) is 16.5 Å². The van der Waals surface area contributed by atoms with Gasteiger partial charge in [-0.2, -0.15) is 0 Å². The number of rotatable bonds is 7. The molecule has 1 aliphatic heterocycles. The van der Waals surface area contributed by atoms with E-state index >= 15 is 0 Å². The van der Waals surface area contributed by atoms with Gasteiger partial charge in [0.05, 0.1) is 23.7 Å². The summed E-state index contributed by atoms with van der Waals surface area (Å²) in [4.78, 5) is 27.8. The van der Waals surface area contributed by atoms with Gasteiger partial charge in [0.1, 0.15) is 11.5 Å². The van der Waals surface area contributed by atoms with Crippen molar-refractivity contribution in [2.24, 2.45) is 7.05 Å². The van der Waals surface area contributed by atoms with E-state index in [0.29, 0.717) is 30.9 Å². The summed E-state index contributed by atoms with van der Waals surface area (Å²) >= 11 is 6.26. The Bertz CT molecular complexity index is 1260. The van der Waals surface area contributed by atoms with E-state index in [9.17, 15) is 14.7 Å². The van der Waals surface area contributed by atoms with Crippen LogP contribution in [0.3, 0.4) is 0 Å². The fourth-order valence-electron chi connectivity index (χ4n) is 4.37. The minimum atomic E-state index is -0.742. The second kappa shape index (κ2) is 9.29. The molecule has 1 unspecified atom stereocenters. The molecule has 2 aromatic carbocycles. The van der Waals surface area contributed by atoms with Gasteiger partial charge in [0.15, 0.2) is 0 Å². The maximum atomic E-state index is 13.2. The molecular formula is C25H25ClN2O5. The summed E-state index contributed by atoms with van der Waals surface area (Å²) in [5.41, 5.74) is 2.10. The molecule has 2 heterocycles. The zero-order valence-corrected chi connectivity index (χ0v) is 19.4. The van der Waals surface area contributed by atoms with Crippen LogP contribution in [-0.2, 0) is 21.4 Å². The normalized spacial score (nSPS) is 17.8. The number of para-hydroxylation sites is 1. The molecule has 0 saturated carbocycles. The SMILES string of the molecule is COCCCN1C(=O)C(=O)/C(=C(/O)c2ccc(OC)c(Cl)c2)C1c1cn(C)c2ccccc12. The lowest BCUT2D eigenvalue weighted by molar-refractivity contribution is -0.140. The lowest BCUT2D eigenvalue weighted by Crippen LogP contribution is -2.31. The largest absolute Gasteiger partial charge is 0.507 e. The average molecular weight is 469 g/mol. The van der Waals surface area contributed by atoms with E-state index in [-0.39, 0.29) is 16.4 Å². The summed E-state index contributed by atoms with van der Waals surface area (Å²) in [6, 6.07) is 11.8. The summed E-state index contributed by atoms with van der Waals surface area (Å²) in [6.45, 7) is 0.756. The number of fused-ring (bicyclic) bond motifs is 1. The first kappa shape index (κ1) is 22.9. The molecule has 1 amide bonds. The van der Waals surface area contributed by atoms with Crippen LogP contribution >= 0.6 is 11.6 Å². The molecular weight excluding hydrogens is 444 g/mol. The summed E-state index contributed by atoms with van der Waals surface area (Å²) in [5.74, 6) is -1.20. The van der Waals surface area contributed by atoms with Crippen molar-refractivity contribution in [3.8, 4) is 5.75 Å². The van der Waals surface area contributed by atoms with Crippen molar-refractivity contribution < 1.29 is 24.2 Å². The van der Waals surface area contributed by atoms with Crippen LogP contribution in [0.25, 0.3) is 16.7 Å². The Balaban J connectivity index is 1.91. The van der Waals surface area contributed by atoms with E-state index in [4.69, 9.17) is 21.1 Å². The third-order valence-electron chi connectivity index (χ3n) is 5.94. The number of methoxy groups -OCH3 is 2. The van der Waals surface area contributed by atoms with Crippen molar-refractivity contribution in [1.29, 1.82) is 0 Å². The molecule has 1 N–H and O–H groups in total. The van der Waals surface area contributed by atoms with Gasteiger partial charge in [-0.3, -0.25) is 9.59 Å². The van der Waals surface area contributed by atoms with Gasteiger partial charge in [-0.25, -0.2) is 0 Å². The lowest BCUT2D eigenvalue weighted by atomic mass is 9.95. The number of amides is 1. The molecule has 0 spiro atoms. The summed E-state index contributed by atoms with van der Waals surface area (Å²) in [7, 11) is 4.99. The van der Waals surface area contributed by atoms with Crippen LogP contribution in [0, 0.1) is 0 Å². The number of aromatic nitrogens is 1. The third-order valence-corrected chi connectivity index (χ3v) is 6.23. The van der Waals surface area contributed by atoms with Gasteiger partial charge in [-0.15, -0.1) is 0 Å². The first-order valence-electron chi connectivity index (χ1n) is 10.5. The summed E-state index contributed by atoms with van der Waals surface area (Å²) < 4.78 is 12.3. The number of aliphatic hydroxyl groups excluding tert-OH is 1. The van der Waals surface area contributed by atoms with Gasteiger partial charge in [0.2, 0.25) is 0 Å². The van der Waals surface area contributed by atoms with Crippen molar-refractivity contribution in [2.45, 2.75) is 12.5 Å². The molecule has 3 aromatic rings. The molecule has 8 heteroatoms. The number of ether oxygens (including phenoxy) is 2. The minimum absolute atomic E-state index is 0.0370. The van der Waals surface area contributed by atoms with Gasteiger partial charge in [0, 0.05) is 55.5 Å². The molecule has 1 aromatic heterocycles. The topological polar surface area (TPSA) is 81.0 Å². The van der Waals surface area contributed by atoms with Gasteiger partial charge in [-0.05, 0) is 30.7 Å². The highest BCUT2D eigenvalue weighted by Crippen LogP contribution is 2.43. The Kier molecular flexibility index (Phi) is 6.44. The van der Waals surface area contributed by atoms with Gasteiger partial charge in [0.25, 0.3) is 11.7 Å². The molecule has 1 saturated heterocycles. The van der Waals surface area contributed by atoms with Crippen LogP contribution in [0.15, 0.2) is 54.2 Å². The average Bonchev–Trinajstić information content (AvgIpc) is 3.27. The van der Waals surface area contributed by atoms with E-state index in [1.807, 2.05) is 42.1 Å². The lowest BCUT2D eigenvalue weighted by Gasteiger charge is -2.25. The Morgan fingerprint density at radius 1 is 1.15 bits per heavy atom. The van der Waals surface area contributed by atoms with E-state index in [1.165, 1.54) is 18.1 Å². The van der Waals surface area contributed by atoms with Gasteiger partial charge in [-0.1, -0.05) is 29.8 Å². The second-order valence-corrected chi connectivity index (χ2v) is 8.31. The maximum Gasteiger partial charge on any atom is 0.295 e. The van der Waals surface area contributed by atoms with Crippen molar-refractivity contribution >= 4 is 40.0 Å². The fourth-order valence-corrected chi connectivity index (χ4v) is 4.63. The van der Waals surface area contributed by atoms with Crippen LogP contribution in [0.4, 0.5) is 0 Å². The molecule has 0 aliphatic carbocycles. The number of likely N-dealkylation sites (tertiary alicyclic amines) is 1. The number of carbonyl (C=O) groups is 2. The number of benzene rings is 2. The quantitative estimate of drug-likeness (QED) is 0.242. The molecule has 33 heavy (non-hydrogen) atoms. The van der Waals surface area contributed by atoms with Crippen LogP contribution in [-0.4, -0.2) is 53.6 Å². The molecule has 0 radical (unpaired) electrons. The molecule has 172 valence electrons. The predicted octanol–water partition coefficient (Wildman–Crippen LogP) is 4.30. The highest BCUT2D eigenvalue weighted by Gasteiger charge is 2.46. The van der Waals surface area contributed by atoms with Crippen molar-refractivity contribution in [1.82, 2.24) is 9.47 Å². The first-order chi connectivity index (χ1) is 15.9. The van der Waals surface area contributed by atoms with Gasteiger partial charge >= 0.3 is 0 Å². The summed E-state index contributed by atoms with van der Waals surface area (Å²) in [5, 5.41) is 12.4. The molecule has 1 fully saturated rings. The van der Waals surface area contributed by atoms with E-state index in [2.05, 4.69) is 0 Å². The number of aliphatic hydroxyl groups is 1. The van der Waals surface area contributed by atoms with Crippen LogP contribution in [0.2, 0.25) is 5.02 Å². The smallest absolute Gasteiger partial charge is 0.295 e. The monoisotopic (exact) mass is 468 g/mol. The first-order valence-corrected chi connectivity index (χ1v) is 10.9. The fraction of sp³-hybridized carbons (Fsp3) is 0.280. The van der Waals surface area contributed by atoms with Crippen molar-refractivity contribution in [3.63, 3.8) is 0 Å². The Labute approximate surface area is 196 Å². The number of ketones is 1. The zero-order chi connectivity index (χ0) is 23.7. The molecule has 1 atom stereocenters. The van der Waals surface area contributed by atoms with E-state index in [1.54, 1.807) is 19.2 Å². The Morgan fingerprint density at radius 2 is 1.91 bits per heavy atom. The van der Waals surface area contributed by atoms with Crippen LogP contribution in [0.5, 0.6) is 5.75 Å². The zero-order valence-electron chi connectivity index (χ0n) is 18.7. The third kappa shape index (κ3) is 3.98. The number of nitrogens with zero attached hydrogens (tertiary/aromatic N) is 2. The Hall–Kier alpha value is -3.29. The number of Topliss-reactive ketones (excluding diaryl/α,β-unsaturated/α-hetero) is 1. The minimum Gasteiger partial charge on any atom is -0.507 e. The number of halogens is 1. The second-order valence-electron chi connectivity index (χ2n) is 7.90. The van der Waals surface area contributed by atoms with Gasteiger partial charge < -0.3 is 24.0 Å². The number of carbonyl (C=O) groups excluding carboxylic acids is 2. The Morgan fingerprint density at radius 3 is 2.61 bits per heavy atom. The van der Waals surface area contributed by atoms with Crippen molar-refractivity contribution in [2.75, 3.05) is 27.4 Å². The standard InChI is InChI=1S/C25H25ClN2O5/c1-27-14-17(16-7-4-5-8-19(16)27)22-21(24(30)25(31)28(22)11-6-12-32-2)23(29)15-9-10-20(33-3)18(26)13-15/h4-5,7-10,13-14,22,29H,6,11-12H2,1-3H3/b23-21+.